The van der Waals surface area contributed by atoms with Crippen LogP contribution in [0.3, 0.4) is 0 Å². The van der Waals surface area contributed by atoms with E-state index in [2.05, 4.69) is 12.1 Å². The largest absolute Gasteiger partial charge is 0.493 e. The van der Waals surface area contributed by atoms with E-state index in [1.807, 2.05) is 37.3 Å². The summed E-state index contributed by atoms with van der Waals surface area (Å²) in [6.07, 6.45) is 0.719. The highest BCUT2D eigenvalue weighted by molar-refractivity contribution is 5.57. The summed E-state index contributed by atoms with van der Waals surface area (Å²) >= 11 is 0. The average molecular weight is 358 g/mol. The Morgan fingerprint density at radius 1 is 0.962 bits per heavy atom. The molecule has 1 aliphatic heterocycles. The molecule has 5 heteroatoms. The molecule has 2 aromatic rings. The Morgan fingerprint density at radius 2 is 1.62 bits per heavy atom. The molecular weight excluding hydrogens is 332 g/mol. The second-order valence-electron chi connectivity index (χ2n) is 6.10. The van der Waals surface area contributed by atoms with Crippen molar-refractivity contribution in [2.24, 2.45) is 0 Å². The summed E-state index contributed by atoms with van der Waals surface area (Å²) in [6, 6.07) is 14.1. The van der Waals surface area contributed by atoms with Crippen molar-refractivity contribution in [2.75, 3.05) is 34.5 Å². The minimum absolute atomic E-state index is 0.0993. The van der Waals surface area contributed by atoms with Gasteiger partial charge in [0.05, 0.1) is 34.0 Å². The minimum Gasteiger partial charge on any atom is -0.493 e. The summed E-state index contributed by atoms with van der Waals surface area (Å²) in [5, 5.41) is 0. The second kappa shape index (κ2) is 7.98. The van der Waals surface area contributed by atoms with Gasteiger partial charge in [-0.1, -0.05) is 30.3 Å². The zero-order valence-corrected chi connectivity index (χ0v) is 15.8. The zero-order chi connectivity index (χ0) is 18.6. The van der Waals surface area contributed by atoms with Crippen molar-refractivity contribution in [1.29, 1.82) is 0 Å². The average Bonchev–Trinajstić information content (AvgIpc) is 3.12. The van der Waals surface area contributed by atoms with Gasteiger partial charge >= 0.3 is 0 Å². The van der Waals surface area contributed by atoms with Gasteiger partial charge in [-0.25, -0.2) is 0 Å². The van der Waals surface area contributed by atoms with Crippen molar-refractivity contribution in [3.05, 3.63) is 53.6 Å². The topological polar surface area (TPSA) is 46.2 Å². The number of benzene rings is 2. The molecule has 0 bridgehead atoms. The SMILES string of the molecule is CCOC1CCOC1(c1ccccc1)c1cc(OC)c(OC)c(OC)c1. The minimum atomic E-state index is -0.718. The molecule has 0 aliphatic carbocycles. The standard InChI is InChI=1S/C21H26O5/c1-5-25-19-11-12-26-21(19,15-9-7-6-8-10-15)16-13-17(22-2)20(24-4)18(14-16)23-3/h6-10,13-14,19H,5,11-12H2,1-4H3. The van der Waals surface area contributed by atoms with Crippen LogP contribution in [0.4, 0.5) is 0 Å². The van der Waals surface area contributed by atoms with Gasteiger partial charge in [0.15, 0.2) is 11.5 Å². The van der Waals surface area contributed by atoms with Crippen molar-refractivity contribution in [1.82, 2.24) is 0 Å². The molecule has 140 valence electrons. The smallest absolute Gasteiger partial charge is 0.203 e. The van der Waals surface area contributed by atoms with E-state index in [-0.39, 0.29) is 6.10 Å². The molecule has 1 heterocycles. The predicted octanol–water partition coefficient (Wildman–Crippen LogP) is 3.78. The maximum absolute atomic E-state index is 6.37. The van der Waals surface area contributed by atoms with Crippen LogP contribution in [0.2, 0.25) is 0 Å². The third-order valence-electron chi connectivity index (χ3n) is 4.83. The van der Waals surface area contributed by atoms with Crippen LogP contribution in [0.5, 0.6) is 17.2 Å². The third kappa shape index (κ3) is 3.02. The van der Waals surface area contributed by atoms with Gasteiger partial charge in [0, 0.05) is 13.0 Å². The van der Waals surface area contributed by atoms with E-state index in [9.17, 15) is 0 Å². The Kier molecular flexibility index (Phi) is 5.69. The number of ether oxygens (including phenoxy) is 5. The van der Waals surface area contributed by atoms with Gasteiger partial charge in [-0.05, 0) is 30.2 Å². The molecule has 3 rings (SSSR count). The lowest BCUT2D eigenvalue weighted by Gasteiger charge is -2.36. The van der Waals surface area contributed by atoms with Crippen LogP contribution in [0.1, 0.15) is 24.5 Å². The molecular formula is C21H26O5. The van der Waals surface area contributed by atoms with Crippen LogP contribution in [-0.4, -0.2) is 40.6 Å². The molecule has 0 N–H and O–H groups in total. The van der Waals surface area contributed by atoms with Crippen LogP contribution in [0.25, 0.3) is 0 Å². The summed E-state index contributed by atoms with van der Waals surface area (Å²) in [4.78, 5) is 0. The fourth-order valence-electron chi connectivity index (χ4n) is 3.71. The quantitative estimate of drug-likeness (QED) is 0.754. The molecule has 0 saturated carbocycles. The van der Waals surface area contributed by atoms with Gasteiger partial charge in [0.25, 0.3) is 0 Å². The van der Waals surface area contributed by atoms with E-state index in [1.165, 1.54) is 0 Å². The normalized spacial score (nSPS) is 22.2. The van der Waals surface area contributed by atoms with Crippen molar-refractivity contribution in [3.8, 4) is 17.2 Å². The second-order valence-corrected chi connectivity index (χ2v) is 6.10. The molecule has 2 unspecified atom stereocenters. The van der Waals surface area contributed by atoms with Gasteiger partial charge in [0.2, 0.25) is 5.75 Å². The molecule has 0 amide bonds. The van der Waals surface area contributed by atoms with Crippen LogP contribution in [0, 0.1) is 0 Å². The first-order chi connectivity index (χ1) is 12.7. The van der Waals surface area contributed by atoms with Crippen LogP contribution in [0.15, 0.2) is 42.5 Å². The molecule has 2 atom stereocenters. The maximum Gasteiger partial charge on any atom is 0.203 e. The van der Waals surface area contributed by atoms with Crippen molar-refractivity contribution >= 4 is 0 Å². The van der Waals surface area contributed by atoms with Gasteiger partial charge in [-0.2, -0.15) is 0 Å². The fraction of sp³-hybridized carbons (Fsp3) is 0.429. The Morgan fingerprint density at radius 3 is 2.15 bits per heavy atom. The summed E-state index contributed by atoms with van der Waals surface area (Å²) in [7, 11) is 4.83. The van der Waals surface area contributed by atoms with Crippen molar-refractivity contribution < 1.29 is 23.7 Å². The molecule has 1 fully saturated rings. The number of hydrogen-bond donors (Lipinski definition) is 0. The Balaban J connectivity index is 2.23. The summed E-state index contributed by atoms with van der Waals surface area (Å²) in [5.41, 5.74) is 1.25. The van der Waals surface area contributed by atoms with E-state index in [4.69, 9.17) is 23.7 Å². The highest BCUT2D eigenvalue weighted by atomic mass is 16.6. The Bertz CT molecular complexity index is 705. The Labute approximate surface area is 154 Å². The van der Waals surface area contributed by atoms with Gasteiger partial charge < -0.3 is 23.7 Å². The van der Waals surface area contributed by atoms with E-state index in [0.717, 1.165) is 17.5 Å². The number of hydrogen-bond acceptors (Lipinski definition) is 5. The van der Waals surface area contributed by atoms with E-state index in [1.54, 1.807) is 21.3 Å². The first-order valence-corrected chi connectivity index (χ1v) is 8.82. The monoisotopic (exact) mass is 358 g/mol. The van der Waals surface area contributed by atoms with Crippen LogP contribution in [-0.2, 0) is 15.1 Å². The Hall–Kier alpha value is -2.24. The first-order valence-electron chi connectivity index (χ1n) is 8.82. The fourth-order valence-corrected chi connectivity index (χ4v) is 3.71. The lowest BCUT2D eigenvalue weighted by molar-refractivity contribution is -0.0620. The zero-order valence-electron chi connectivity index (χ0n) is 15.8. The molecule has 5 nitrogen and oxygen atoms in total. The van der Waals surface area contributed by atoms with Gasteiger partial charge in [-0.3, -0.25) is 0 Å². The lowest BCUT2D eigenvalue weighted by Crippen LogP contribution is -2.39. The van der Waals surface area contributed by atoms with E-state index in [0.29, 0.717) is 30.5 Å². The highest BCUT2D eigenvalue weighted by Crippen LogP contribution is 2.48. The number of methoxy groups -OCH3 is 3. The van der Waals surface area contributed by atoms with Crippen LogP contribution >= 0.6 is 0 Å². The van der Waals surface area contributed by atoms with Gasteiger partial charge in [-0.15, -0.1) is 0 Å². The predicted molar refractivity (Wildman–Crippen MR) is 99.3 cm³/mol. The molecule has 1 aliphatic rings. The highest BCUT2D eigenvalue weighted by Gasteiger charge is 2.49. The van der Waals surface area contributed by atoms with E-state index < -0.39 is 5.60 Å². The third-order valence-corrected chi connectivity index (χ3v) is 4.83. The molecule has 26 heavy (non-hydrogen) atoms. The maximum atomic E-state index is 6.37. The van der Waals surface area contributed by atoms with E-state index >= 15 is 0 Å². The lowest BCUT2D eigenvalue weighted by atomic mass is 9.81. The van der Waals surface area contributed by atoms with Crippen molar-refractivity contribution in [3.63, 3.8) is 0 Å². The first kappa shape index (κ1) is 18.5. The molecule has 1 saturated heterocycles. The molecule has 0 radical (unpaired) electrons. The summed E-state index contributed by atoms with van der Waals surface area (Å²) in [6.45, 7) is 3.24. The molecule has 0 aromatic heterocycles. The molecule has 2 aromatic carbocycles. The van der Waals surface area contributed by atoms with Crippen LogP contribution < -0.4 is 14.2 Å². The van der Waals surface area contributed by atoms with Gasteiger partial charge in [0.1, 0.15) is 5.60 Å². The summed E-state index contributed by atoms with van der Waals surface area (Å²) in [5.74, 6) is 1.76. The number of rotatable bonds is 7. The van der Waals surface area contributed by atoms with Crippen molar-refractivity contribution in [2.45, 2.75) is 25.0 Å². The molecule has 0 spiro atoms. The summed E-state index contributed by atoms with van der Waals surface area (Å²) < 4.78 is 29.0.